The first kappa shape index (κ1) is 17.3. The number of Topliss-reactive ketones (excluding diaryl/α,β-unsaturated/α-hetero) is 1. The summed E-state index contributed by atoms with van der Waals surface area (Å²) in [6.45, 7) is 5.94. The summed E-state index contributed by atoms with van der Waals surface area (Å²) in [5.74, 6) is 1.13. The van der Waals surface area contributed by atoms with Gasteiger partial charge in [-0.15, -0.1) is 0 Å². The molecule has 0 heterocycles. The van der Waals surface area contributed by atoms with Crippen LogP contribution >= 0.6 is 0 Å². The van der Waals surface area contributed by atoms with Crippen LogP contribution in [0.25, 0.3) is 0 Å². The average molecular weight is 346 g/mol. The predicted octanol–water partition coefficient (Wildman–Crippen LogP) is 3.42. The normalized spacial score (nSPS) is 48.9. The molecule has 7 atom stereocenters. The van der Waals surface area contributed by atoms with Crippen molar-refractivity contribution in [2.75, 3.05) is 0 Å². The molecular formula is C21H30O4. The van der Waals surface area contributed by atoms with Gasteiger partial charge in [0.25, 0.3) is 0 Å². The summed E-state index contributed by atoms with van der Waals surface area (Å²) in [5, 5.41) is 11.0. The highest BCUT2D eigenvalue weighted by Crippen LogP contribution is 2.64. The van der Waals surface area contributed by atoms with Crippen molar-refractivity contribution in [3.63, 3.8) is 0 Å². The molecule has 25 heavy (non-hydrogen) atoms. The summed E-state index contributed by atoms with van der Waals surface area (Å²) < 4.78 is 5.45. The van der Waals surface area contributed by atoms with Crippen molar-refractivity contribution < 1.29 is 19.4 Å². The number of ketones is 1. The zero-order valence-corrected chi connectivity index (χ0v) is 15.6. The largest absolute Gasteiger partial charge is 0.462 e. The molecule has 0 spiro atoms. The molecule has 3 saturated carbocycles. The van der Waals surface area contributed by atoms with Crippen LogP contribution in [0.1, 0.15) is 65.7 Å². The second-order valence-corrected chi connectivity index (χ2v) is 9.28. The summed E-state index contributed by atoms with van der Waals surface area (Å²) in [6, 6.07) is 0. The lowest BCUT2D eigenvalue weighted by atomic mass is 9.47. The molecule has 0 saturated heterocycles. The SMILES string of the molecule is CC(=O)OC1CC[C@@]2(C)C(=CC(O)[C@@H]3[C@@H]2CC[C@]2(C)C(=O)CC[C@@H]32)C1. The number of carbonyl (C=O) groups excluding carboxylic acids is 2. The molecule has 0 radical (unpaired) electrons. The number of carbonyl (C=O) groups is 2. The molecule has 2 unspecified atom stereocenters. The van der Waals surface area contributed by atoms with E-state index in [0.717, 1.165) is 38.5 Å². The van der Waals surface area contributed by atoms with Crippen molar-refractivity contribution in [2.45, 2.75) is 77.9 Å². The van der Waals surface area contributed by atoms with Crippen molar-refractivity contribution in [3.8, 4) is 0 Å². The Morgan fingerprint density at radius 2 is 1.84 bits per heavy atom. The molecule has 0 bridgehead atoms. The van der Waals surface area contributed by atoms with Crippen LogP contribution in [0.4, 0.5) is 0 Å². The lowest BCUT2D eigenvalue weighted by Crippen LogP contribution is -2.54. The maximum Gasteiger partial charge on any atom is 0.302 e. The highest BCUT2D eigenvalue weighted by molar-refractivity contribution is 5.87. The third kappa shape index (κ3) is 2.43. The van der Waals surface area contributed by atoms with E-state index in [1.165, 1.54) is 12.5 Å². The molecule has 4 nitrogen and oxygen atoms in total. The monoisotopic (exact) mass is 346 g/mol. The van der Waals surface area contributed by atoms with Crippen LogP contribution < -0.4 is 0 Å². The van der Waals surface area contributed by atoms with Crippen LogP contribution in [0.5, 0.6) is 0 Å². The third-order valence-corrected chi connectivity index (χ3v) is 8.13. The Morgan fingerprint density at radius 3 is 2.56 bits per heavy atom. The van der Waals surface area contributed by atoms with Crippen molar-refractivity contribution in [3.05, 3.63) is 11.6 Å². The number of ether oxygens (including phenoxy) is 1. The maximum atomic E-state index is 12.5. The fourth-order valence-corrected chi connectivity index (χ4v) is 6.72. The van der Waals surface area contributed by atoms with Crippen LogP contribution in [-0.2, 0) is 14.3 Å². The molecule has 0 aromatic rings. The number of hydrogen-bond donors (Lipinski definition) is 1. The van der Waals surface area contributed by atoms with Crippen molar-refractivity contribution >= 4 is 11.8 Å². The Morgan fingerprint density at radius 1 is 1.16 bits per heavy atom. The summed E-state index contributed by atoms with van der Waals surface area (Å²) in [4.78, 5) is 23.8. The van der Waals surface area contributed by atoms with E-state index in [1.54, 1.807) is 0 Å². The summed E-state index contributed by atoms with van der Waals surface area (Å²) in [6.07, 6.45) is 7.76. The van der Waals surface area contributed by atoms with Gasteiger partial charge in [0, 0.05) is 25.2 Å². The van der Waals surface area contributed by atoms with Gasteiger partial charge in [0.05, 0.1) is 6.10 Å². The Labute approximate surface area is 150 Å². The van der Waals surface area contributed by atoms with E-state index in [4.69, 9.17) is 4.74 Å². The van der Waals surface area contributed by atoms with E-state index in [0.29, 0.717) is 24.0 Å². The second kappa shape index (κ2) is 5.67. The minimum atomic E-state index is -0.473. The molecule has 0 aromatic heterocycles. The molecule has 4 aliphatic carbocycles. The number of aliphatic hydroxyl groups is 1. The standard InChI is InChI=1S/C21H30O4/c1-12(22)25-14-6-8-20(2)13(10-14)11-17(23)19-15-4-5-18(24)21(15,3)9-7-16(19)20/h11,14-17,19,23H,4-10H2,1-3H3/t14?,15-,16-,17?,19-,20-,21-/m0/s1. The highest BCUT2D eigenvalue weighted by Gasteiger charge is 2.60. The second-order valence-electron chi connectivity index (χ2n) is 9.28. The molecule has 4 heteroatoms. The Bertz CT molecular complexity index is 638. The summed E-state index contributed by atoms with van der Waals surface area (Å²) >= 11 is 0. The minimum absolute atomic E-state index is 0.0533. The molecule has 0 amide bonds. The van der Waals surface area contributed by atoms with Gasteiger partial charge in [-0.3, -0.25) is 9.59 Å². The lowest BCUT2D eigenvalue weighted by Gasteiger charge is -2.58. The lowest BCUT2D eigenvalue weighted by molar-refractivity contribution is -0.149. The van der Waals surface area contributed by atoms with Gasteiger partial charge in [-0.05, 0) is 55.3 Å². The van der Waals surface area contributed by atoms with E-state index in [9.17, 15) is 14.7 Å². The van der Waals surface area contributed by atoms with Gasteiger partial charge in [-0.25, -0.2) is 0 Å². The molecular weight excluding hydrogens is 316 g/mol. The van der Waals surface area contributed by atoms with Gasteiger partial charge >= 0.3 is 5.97 Å². The van der Waals surface area contributed by atoms with Gasteiger partial charge in [-0.1, -0.05) is 25.5 Å². The van der Waals surface area contributed by atoms with E-state index >= 15 is 0 Å². The van der Waals surface area contributed by atoms with Crippen LogP contribution in [0.3, 0.4) is 0 Å². The minimum Gasteiger partial charge on any atom is -0.462 e. The number of esters is 1. The van der Waals surface area contributed by atoms with E-state index in [-0.39, 0.29) is 28.8 Å². The van der Waals surface area contributed by atoms with E-state index in [2.05, 4.69) is 13.8 Å². The van der Waals surface area contributed by atoms with Crippen molar-refractivity contribution in [1.29, 1.82) is 0 Å². The van der Waals surface area contributed by atoms with Crippen LogP contribution in [0.2, 0.25) is 0 Å². The number of aliphatic hydroxyl groups excluding tert-OH is 1. The van der Waals surface area contributed by atoms with Gasteiger partial charge in [-0.2, -0.15) is 0 Å². The Kier molecular flexibility index (Phi) is 3.91. The van der Waals surface area contributed by atoms with Crippen LogP contribution in [0, 0.1) is 28.6 Å². The zero-order valence-electron chi connectivity index (χ0n) is 15.6. The fourth-order valence-electron chi connectivity index (χ4n) is 6.72. The first-order valence-corrected chi connectivity index (χ1v) is 9.85. The topological polar surface area (TPSA) is 63.6 Å². The first-order chi connectivity index (χ1) is 11.8. The van der Waals surface area contributed by atoms with Gasteiger partial charge < -0.3 is 9.84 Å². The van der Waals surface area contributed by atoms with Gasteiger partial charge in [0.1, 0.15) is 11.9 Å². The molecule has 4 aliphatic rings. The first-order valence-electron chi connectivity index (χ1n) is 9.85. The fraction of sp³-hybridized carbons (Fsp3) is 0.810. The van der Waals surface area contributed by atoms with Crippen molar-refractivity contribution in [1.82, 2.24) is 0 Å². The number of rotatable bonds is 1. The van der Waals surface area contributed by atoms with Crippen molar-refractivity contribution in [2.24, 2.45) is 28.6 Å². The molecule has 138 valence electrons. The Balaban J connectivity index is 1.65. The molecule has 0 aromatic carbocycles. The molecule has 3 fully saturated rings. The van der Waals surface area contributed by atoms with E-state index < -0.39 is 6.10 Å². The van der Waals surface area contributed by atoms with Crippen LogP contribution in [0.15, 0.2) is 11.6 Å². The zero-order chi connectivity index (χ0) is 18.0. The number of fused-ring (bicyclic) bond motifs is 5. The quantitative estimate of drug-likeness (QED) is 0.584. The summed E-state index contributed by atoms with van der Waals surface area (Å²) in [5.41, 5.74) is 1.12. The predicted molar refractivity (Wildman–Crippen MR) is 93.7 cm³/mol. The van der Waals surface area contributed by atoms with Gasteiger partial charge in [0.2, 0.25) is 0 Å². The average Bonchev–Trinajstić information content (AvgIpc) is 2.84. The Hall–Kier alpha value is -1.16. The molecule has 1 N–H and O–H groups in total. The number of hydrogen-bond acceptors (Lipinski definition) is 4. The third-order valence-electron chi connectivity index (χ3n) is 8.13. The van der Waals surface area contributed by atoms with Gasteiger partial charge in [0.15, 0.2) is 0 Å². The molecule has 0 aliphatic heterocycles. The van der Waals surface area contributed by atoms with E-state index in [1.807, 2.05) is 6.08 Å². The maximum absolute atomic E-state index is 12.5. The highest BCUT2D eigenvalue weighted by atomic mass is 16.5. The summed E-state index contributed by atoms with van der Waals surface area (Å²) in [7, 11) is 0. The van der Waals surface area contributed by atoms with Crippen LogP contribution in [-0.4, -0.2) is 29.1 Å². The smallest absolute Gasteiger partial charge is 0.302 e. The molecule has 4 rings (SSSR count).